The molecular weight excluding hydrogens is 262 g/mol. The van der Waals surface area contributed by atoms with E-state index in [0.29, 0.717) is 16.7 Å². The molecule has 1 N–H and O–H groups in total. The van der Waals surface area contributed by atoms with Gasteiger partial charge in [0.1, 0.15) is 5.75 Å². The molecule has 0 bridgehead atoms. The standard InChI is InChI=1S/C18H15NO2/c1-19-11-16(13-6-3-2-4-7-13)18(21)17(12-19)14-8-5-9-15(20)10-14/h2-12,20H,1H3. The highest BCUT2D eigenvalue weighted by Crippen LogP contribution is 2.23. The van der Waals surface area contributed by atoms with Gasteiger partial charge in [-0.15, -0.1) is 0 Å². The number of hydrogen-bond acceptors (Lipinski definition) is 2. The molecule has 0 aliphatic carbocycles. The molecule has 2 aromatic carbocycles. The predicted molar refractivity (Wildman–Crippen MR) is 84.2 cm³/mol. The minimum atomic E-state index is -0.0371. The zero-order valence-corrected chi connectivity index (χ0v) is 11.7. The van der Waals surface area contributed by atoms with Crippen LogP contribution in [0.15, 0.2) is 71.8 Å². The van der Waals surface area contributed by atoms with Crippen LogP contribution < -0.4 is 5.43 Å². The lowest BCUT2D eigenvalue weighted by Crippen LogP contribution is -2.11. The molecule has 0 aliphatic heterocycles. The molecule has 0 aliphatic rings. The number of aromatic hydroxyl groups is 1. The molecule has 3 rings (SSSR count). The van der Waals surface area contributed by atoms with Crippen LogP contribution in [-0.4, -0.2) is 9.67 Å². The molecule has 1 aromatic heterocycles. The average Bonchev–Trinajstić information content (AvgIpc) is 2.50. The van der Waals surface area contributed by atoms with E-state index in [4.69, 9.17) is 0 Å². The Morgan fingerprint density at radius 2 is 1.48 bits per heavy atom. The maximum atomic E-state index is 12.7. The van der Waals surface area contributed by atoms with E-state index in [2.05, 4.69) is 0 Å². The van der Waals surface area contributed by atoms with Gasteiger partial charge < -0.3 is 9.67 Å². The van der Waals surface area contributed by atoms with Gasteiger partial charge in [0.25, 0.3) is 0 Å². The highest BCUT2D eigenvalue weighted by molar-refractivity contribution is 5.72. The van der Waals surface area contributed by atoms with Gasteiger partial charge >= 0.3 is 0 Å². The first kappa shape index (κ1) is 13.2. The number of aryl methyl sites for hydroxylation is 1. The van der Waals surface area contributed by atoms with Crippen molar-refractivity contribution < 1.29 is 5.11 Å². The molecule has 21 heavy (non-hydrogen) atoms. The van der Waals surface area contributed by atoms with Crippen LogP contribution in [0.5, 0.6) is 5.75 Å². The number of pyridine rings is 1. The molecule has 0 unspecified atom stereocenters. The van der Waals surface area contributed by atoms with E-state index < -0.39 is 0 Å². The van der Waals surface area contributed by atoms with Crippen LogP contribution in [0.3, 0.4) is 0 Å². The summed E-state index contributed by atoms with van der Waals surface area (Å²) >= 11 is 0. The first-order chi connectivity index (χ1) is 10.1. The third-order valence-electron chi connectivity index (χ3n) is 3.40. The Kier molecular flexibility index (Phi) is 3.32. The van der Waals surface area contributed by atoms with Crippen molar-refractivity contribution in [3.63, 3.8) is 0 Å². The molecule has 3 nitrogen and oxygen atoms in total. The third-order valence-corrected chi connectivity index (χ3v) is 3.40. The topological polar surface area (TPSA) is 42.2 Å². The van der Waals surface area contributed by atoms with Crippen molar-refractivity contribution in [2.45, 2.75) is 0 Å². The largest absolute Gasteiger partial charge is 0.508 e. The molecule has 0 radical (unpaired) electrons. The van der Waals surface area contributed by atoms with E-state index in [-0.39, 0.29) is 11.2 Å². The summed E-state index contributed by atoms with van der Waals surface area (Å²) < 4.78 is 1.86. The van der Waals surface area contributed by atoms with Crippen LogP contribution in [0.2, 0.25) is 0 Å². The monoisotopic (exact) mass is 277 g/mol. The molecule has 0 saturated carbocycles. The SMILES string of the molecule is Cn1cc(-c2ccccc2)c(=O)c(-c2cccc(O)c2)c1. The molecule has 104 valence electrons. The Morgan fingerprint density at radius 1 is 0.857 bits per heavy atom. The number of phenols is 1. The molecular formula is C18H15NO2. The van der Waals surface area contributed by atoms with Crippen LogP contribution in [-0.2, 0) is 7.05 Å². The smallest absolute Gasteiger partial charge is 0.197 e. The van der Waals surface area contributed by atoms with Crippen molar-refractivity contribution in [1.29, 1.82) is 0 Å². The summed E-state index contributed by atoms with van der Waals surface area (Å²) in [5.41, 5.74) is 2.80. The normalized spacial score (nSPS) is 10.5. The van der Waals surface area contributed by atoms with Crippen LogP contribution in [0.25, 0.3) is 22.3 Å². The summed E-state index contributed by atoms with van der Waals surface area (Å²) in [6.45, 7) is 0. The van der Waals surface area contributed by atoms with Crippen LogP contribution in [0, 0.1) is 0 Å². The zero-order chi connectivity index (χ0) is 14.8. The van der Waals surface area contributed by atoms with Crippen molar-refractivity contribution in [2.75, 3.05) is 0 Å². The van der Waals surface area contributed by atoms with Crippen LogP contribution in [0.4, 0.5) is 0 Å². The lowest BCUT2D eigenvalue weighted by atomic mass is 10.0. The number of phenolic OH excluding ortho intramolecular Hbond substituents is 1. The zero-order valence-electron chi connectivity index (χ0n) is 11.7. The summed E-state index contributed by atoms with van der Waals surface area (Å²) in [5.74, 6) is 0.152. The lowest BCUT2D eigenvalue weighted by Gasteiger charge is -2.09. The molecule has 1 heterocycles. The third kappa shape index (κ3) is 2.58. The van der Waals surface area contributed by atoms with Crippen molar-refractivity contribution in [2.24, 2.45) is 7.05 Å². The highest BCUT2D eigenvalue weighted by atomic mass is 16.3. The fourth-order valence-corrected chi connectivity index (χ4v) is 2.41. The number of rotatable bonds is 2. The van der Waals surface area contributed by atoms with E-state index in [1.54, 1.807) is 24.4 Å². The first-order valence-corrected chi connectivity index (χ1v) is 6.70. The maximum absolute atomic E-state index is 12.7. The molecule has 0 spiro atoms. The van der Waals surface area contributed by atoms with Gasteiger partial charge in [0, 0.05) is 30.6 Å². The van der Waals surface area contributed by atoms with Gasteiger partial charge in [-0.1, -0.05) is 42.5 Å². The molecule has 0 saturated heterocycles. The second-order valence-corrected chi connectivity index (χ2v) is 5.00. The lowest BCUT2D eigenvalue weighted by molar-refractivity contribution is 0.475. The van der Waals surface area contributed by atoms with Gasteiger partial charge in [-0.25, -0.2) is 0 Å². The van der Waals surface area contributed by atoms with Gasteiger partial charge in [-0.05, 0) is 23.3 Å². The Hall–Kier alpha value is -2.81. The Balaban J connectivity index is 2.24. The van der Waals surface area contributed by atoms with E-state index in [0.717, 1.165) is 5.56 Å². The number of benzene rings is 2. The molecule has 3 heteroatoms. The number of hydrogen-bond donors (Lipinski definition) is 1. The summed E-state index contributed by atoms with van der Waals surface area (Å²) in [5, 5.41) is 9.61. The van der Waals surface area contributed by atoms with Crippen molar-refractivity contribution in [3.05, 3.63) is 77.2 Å². The van der Waals surface area contributed by atoms with Gasteiger partial charge in [-0.2, -0.15) is 0 Å². The van der Waals surface area contributed by atoms with Crippen molar-refractivity contribution in [1.82, 2.24) is 4.57 Å². The minimum Gasteiger partial charge on any atom is -0.508 e. The van der Waals surface area contributed by atoms with E-state index in [9.17, 15) is 9.90 Å². The Bertz CT molecular complexity index is 835. The average molecular weight is 277 g/mol. The Morgan fingerprint density at radius 3 is 2.14 bits per heavy atom. The quantitative estimate of drug-likeness (QED) is 0.779. The van der Waals surface area contributed by atoms with Crippen molar-refractivity contribution in [3.8, 4) is 28.0 Å². The molecule has 0 atom stereocenters. The van der Waals surface area contributed by atoms with E-state index in [1.807, 2.05) is 54.2 Å². The van der Waals surface area contributed by atoms with Gasteiger partial charge in [0.15, 0.2) is 5.43 Å². The fourth-order valence-electron chi connectivity index (χ4n) is 2.41. The van der Waals surface area contributed by atoms with Crippen molar-refractivity contribution >= 4 is 0 Å². The predicted octanol–water partition coefficient (Wildman–Crippen LogP) is 3.42. The second-order valence-electron chi connectivity index (χ2n) is 5.00. The number of nitrogens with zero attached hydrogens (tertiary/aromatic N) is 1. The van der Waals surface area contributed by atoms with Crippen LogP contribution >= 0.6 is 0 Å². The molecule has 3 aromatic rings. The van der Waals surface area contributed by atoms with Gasteiger partial charge in [0.2, 0.25) is 0 Å². The summed E-state index contributed by atoms with van der Waals surface area (Å²) in [4.78, 5) is 12.7. The Labute approximate surface area is 122 Å². The van der Waals surface area contributed by atoms with E-state index in [1.165, 1.54) is 0 Å². The van der Waals surface area contributed by atoms with Crippen LogP contribution in [0.1, 0.15) is 0 Å². The molecule has 0 fully saturated rings. The fraction of sp³-hybridized carbons (Fsp3) is 0.0556. The summed E-state index contributed by atoms with van der Waals surface area (Å²) in [6, 6.07) is 16.3. The highest BCUT2D eigenvalue weighted by Gasteiger charge is 2.10. The maximum Gasteiger partial charge on any atom is 0.197 e. The summed E-state index contributed by atoms with van der Waals surface area (Å²) in [7, 11) is 1.89. The van der Waals surface area contributed by atoms with Gasteiger partial charge in [0.05, 0.1) is 0 Å². The summed E-state index contributed by atoms with van der Waals surface area (Å²) in [6.07, 6.45) is 3.60. The second kappa shape index (κ2) is 5.29. The minimum absolute atomic E-state index is 0.0371. The van der Waals surface area contributed by atoms with E-state index >= 15 is 0 Å². The van der Waals surface area contributed by atoms with Gasteiger partial charge in [-0.3, -0.25) is 4.79 Å². The first-order valence-electron chi connectivity index (χ1n) is 6.70. The molecule has 0 amide bonds. The number of aromatic nitrogens is 1.